The van der Waals surface area contributed by atoms with Gasteiger partial charge in [0.2, 0.25) is 5.91 Å². The molecule has 0 saturated carbocycles. The molecule has 2 saturated heterocycles. The Kier molecular flexibility index (Phi) is 53.9. The summed E-state index contributed by atoms with van der Waals surface area (Å²) < 4.78 is 22.8. The van der Waals surface area contributed by atoms with E-state index in [4.69, 9.17) is 18.9 Å². The highest BCUT2D eigenvalue weighted by Crippen LogP contribution is 2.30. The van der Waals surface area contributed by atoms with Crippen LogP contribution in [0.25, 0.3) is 0 Å². The summed E-state index contributed by atoms with van der Waals surface area (Å²) in [6.07, 6.45) is 58.9. The lowest BCUT2D eigenvalue weighted by molar-refractivity contribution is -0.359. The van der Waals surface area contributed by atoms with Gasteiger partial charge in [0.05, 0.1) is 32.0 Å². The molecule has 0 aliphatic carbocycles. The Morgan fingerprint density at radius 1 is 0.402 bits per heavy atom. The summed E-state index contributed by atoms with van der Waals surface area (Å²) in [7, 11) is 0. The predicted octanol–water partition coefficient (Wildman–Crippen LogP) is 15.1. The second kappa shape index (κ2) is 57.8. The van der Waals surface area contributed by atoms with Crippen LogP contribution in [0.4, 0.5) is 0 Å². The summed E-state index contributed by atoms with van der Waals surface area (Å²) in [4.78, 5) is 13.3. The van der Waals surface area contributed by atoms with Gasteiger partial charge in [0.1, 0.15) is 48.8 Å². The predicted molar refractivity (Wildman–Crippen MR) is 355 cm³/mol. The number of rotatable bonds is 60. The summed E-state index contributed by atoms with van der Waals surface area (Å²) in [5, 5.41) is 87.4. The van der Waals surface area contributed by atoms with Gasteiger partial charge in [0.15, 0.2) is 12.6 Å². The maximum absolute atomic E-state index is 13.3. The normalized spacial score (nSPS) is 23.5. The number of carbonyl (C=O) groups is 1. The lowest BCUT2D eigenvalue weighted by atomic mass is 9.97. The molecule has 14 heteroatoms. The van der Waals surface area contributed by atoms with Crippen LogP contribution in [0, 0.1) is 0 Å². The van der Waals surface area contributed by atoms with Crippen LogP contribution in [0.2, 0.25) is 0 Å². The monoisotopic (exact) mass is 1230 g/mol. The molecule has 0 aromatic heterocycles. The average molecular weight is 1230 g/mol. The molecule has 2 aliphatic rings. The van der Waals surface area contributed by atoms with Crippen molar-refractivity contribution < 1.29 is 64.6 Å². The molecule has 9 N–H and O–H groups in total. The highest BCUT2D eigenvalue weighted by molar-refractivity contribution is 5.76. The highest BCUT2D eigenvalue weighted by atomic mass is 16.7. The number of aliphatic hydroxyl groups excluding tert-OH is 8. The third-order valence-electron chi connectivity index (χ3n) is 17.7. The Labute approximate surface area is 531 Å². The summed E-state index contributed by atoms with van der Waals surface area (Å²) >= 11 is 0. The molecule has 2 aliphatic heterocycles. The number of amides is 1. The minimum atomic E-state index is -1.79. The van der Waals surface area contributed by atoms with Crippen molar-refractivity contribution in [1.29, 1.82) is 0 Å². The van der Waals surface area contributed by atoms with Crippen molar-refractivity contribution in [3.63, 3.8) is 0 Å². The van der Waals surface area contributed by atoms with Crippen molar-refractivity contribution in [3.05, 3.63) is 48.6 Å². The van der Waals surface area contributed by atoms with E-state index in [0.29, 0.717) is 12.8 Å². The first-order valence-electron chi connectivity index (χ1n) is 36.4. The molecular formula is C73H135NO13. The fraction of sp³-hybridized carbons (Fsp3) is 0.877. The zero-order valence-electron chi connectivity index (χ0n) is 55.5. The largest absolute Gasteiger partial charge is 0.394 e. The van der Waals surface area contributed by atoms with Gasteiger partial charge in [-0.2, -0.15) is 0 Å². The lowest BCUT2D eigenvalue weighted by Crippen LogP contribution is -2.65. The van der Waals surface area contributed by atoms with E-state index in [0.717, 1.165) is 44.9 Å². The minimum absolute atomic E-state index is 0.248. The Morgan fingerprint density at radius 2 is 0.736 bits per heavy atom. The molecule has 1 amide bonds. The molecule has 2 heterocycles. The maximum atomic E-state index is 13.3. The van der Waals surface area contributed by atoms with E-state index in [9.17, 15) is 45.6 Å². The van der Waals surface area contributed by atoms with Gasteiger partial charge in [-0.25, -0.2) is 0 Å². The number of hydrogen-bond donors (Lipinski definition) is 9. The Morgan fingerprint density at radius 3 is 1.13 bits per heavy atom. The van der Waals surface area contributed by atoms with Gasteiger partial charge < -0.3 is 65.1 Å². The van der Waals surface area contributed by atoms with Crippen molar-refractivity contribution in [1.82, 2.24) is 5.32 Å². The van der Waals surface area contributed by atoms with Gasteiger partial charge in [-0.05, 0) is 70.6 Å². The molecule has 0 bridgehead atoms. The first-order chi connectivity index (χ1) is 42.6. The zero-order valence-corrected chi connectivity index (χ0v) is 55.5. The van der Waals surface area contributed by atoms with E-state index < -0.39 is 86.8 Å². The van der Waals surface area contributed by atoms with Gasteiger partial charge in [-0.3, -0.25) is 4.79 Å². The van der Waals surface area contributed by atoms with E-state index in [1.54, 1.807) is 6.08 Å². The number of allylic oxidation sites excluding steroid dienone is 7. The van der Waals surface area contributed by atoms with Crippen molar-refractivity contribution in [3.8, 4) is 0 Å². The van der Waals surface area contributed by atoms with Crippen LogP contribution < -0.4 is 5.32 Å². The van der Waals surface area contributed by atoms with Gasteiger partial charge in [0, 0.05) is 6.42 Å². The molecule has 0 radical (unpaired) electrons. The molecule has 87 heavy (non-hydrogen) atoms. The molecule has 0 spiro atoms. The molecule has 2 fully saturated rings. The van der Waals surface area contributed by atoms with Crippen LogP contribution in [-0.2, 0) is 23.7 Å². The van der Waals surface area contributed by atoms with Crippen LogP contribution in [0.5, 0.6) is 0 Å². The highest BCUT2D eigenvalue weighted by Gasteiger charge is 2.51. The molecule has 12 unspecified atom stereocenters. The first-order valence-corrected chi connectivity index (χ1v) is 36.4. The second-order valence-corrected chi connectivity index (χ2v) is 25.7. The van der Waals surface area contributed by atoms with Gasteiger partial charge >= 0.3 is 0 Å². The van der Waals surface area contributed by atoms with Crippen LogP contribution in [0.1, 0.15) is 316 Å². The van der Waals surface area contributed by atoms with Crippen LogP contribution in [-0.4, -0.2) is 140 Å². The summed E-state index contributed by atoms with van der Waals surface area (Å²) in [6.45, 7) is 2.82. The summed E-state index contributed by atoms with van der Waals surface area (Å²) in [5.41, 5.74) is 0. The van der Waals surface area contributed by atoms with Gasteiger partial charge in [0.25, 0.3) is 0 Å². The number of unbranched alkanes of at least 4 members (excludes halogenated alkanes) is 41. The Hall–Kier alpha value is -2.05. The van der Waals surface area contributed by atoms with Crippen LogP contribution in [0.15, 0.2) is 48.6 Å². The Bertz CT molecular complexity index is 1640. The third-order valence-corrected chi connectivity index (χ3v) is 17.7. The lowest BCUT2D eigenvalue weighted by Gasteiger charge is -2.46. The van der Waals surface area contributed by atoms with Crippen molar-refractivity contribution in [2.75, 3.05) is 19.8 Å². The SMILES string of the molecule is CCCCCCCCCC/C=C\CCCCCCCCCCCCCCCCCCCCCC(=O)NC(COC1OC(CO)C(OC2OC(CO)C(O)C(O)C2O)C(O)C1O)C(O)/C=C/CC/C=C/CC/C=C/CCCCCCCCCCCCCC. The van der Waals surface area contributed by atoms with Crippen molar-refractivity contribution in [2.45, 2.75) is 389 Å². The summed E-state index contributed by atoms with van der Waals surface area (Å²) in [5.74, 6) is -0.248. The van der Waals surface area contributed by atoms with Crippen LogP contribution >= 0.6 is 0 Å². The molecular weight excluding hydrogens is 1100 g/mol. The summed E-state index contributed by atoms with van der Waals surface area (Å²) in [6, 6.07) is -0.939. The number of carbonyl (C=O) groups excluding carboxylic acids is 1. The van der Waals surface area contributed by atoms with Crippen LogP contribution in [0.3, 0.4) is 0 Å². The van der Waals surface area contributed by atoms with Gasteiger partial charge in [-0.1, -0.05) is 287 Å². The molecule has 510 valence electrons. The molecule has 14 nitrogen and oxygen atoms in total. The Balaban J connectivity index is 1.67. The van der Waals surface area contributed by atoms with Crippen molar-refractivity contribution >= 4 is 5.91 Å². The standard InChI is InChI=1S/C73H135NO13/c1-3-5-7-9-11-13-15-17-19-21-23-25-27-28-29-30-31-32-33-34-35-37-39-41-43-45-47-49-51-53-55-57-65(78)74-61(60-84-72-70(83)68(81)71(64(59-76)86-72)87-73-69(82)67(80)66(79)63(58-75)85-73)62(77)56-54-52-50-48-46-44-42-40-38-36-26-24-22-20-18-16-14-12-10-8-6-4-2/h21,23,38,40,46,48,54,56,61-64,66-73,75-77,79-83H,3-20,22,24-37,39,41-45,47,49-53,55,57-60H2,1-2H3,(H,74,78)/b23-21-,40-38+,48-46+,56-54+. The van der Waals surface area contributed by atoms with E-state index in [1.165, 1.54) is 238 Å². The molecule has 0 aromatic rings. The molecule has 12 atom stereocenters. The average Bonchev–Trinajstić information content (AvgIpc) is 2.33. The third kappa shape index (κ3) is 41.9. The quantitative estimate of drug-likeness (QED) is 0.0204. The van der Waals surface area contributed by atoms with E-state index >= 15 is 0 Å². The van der Waals surface area contributed by atoms with E-state index in [2.05, 4.69) is 55.6 Å². The fourth-order valence-corrected chi connectivity index (χ4v) is 11.9. The number of hydrogen-bond acceptors (Lipinski definition) is 13. The van der Waals surface area contributed by atoms with E-state index in [-0.39, 0.29) is 18.9 Å². The maximum Gasteiger partial charge on any atom is 0.220 e. The molecule has 2 rings (SSSR count). The second-order valence-electron chi connectivity index (χ2n) is 25.7. The smallest absolute Gasteiger partial charge is 0.220 e. The number of ether oxygens (including phenoxy) is 4. The number of nitrogens with one attached hydrogen (secondary N) is 1. The topological polar surface area (TPSA) is 228 Å². The molecule has 0 aromatic carbocycles. The zero-order chi connectivity index (χ0) is 63.1. The fourth-order valence-electron chi connectivity index (χ4n) is 11.9. The number of aliphatic hydroxyl groups is 8. The van der Waals surface area contributed by atoms with Crippen molar-refractivity contribution in [2.24, 2.45) is 0 Å². The van der Waals surface area contributed by atoms with E-state index in [1.807, 2.05) is 6.08 Å². The minimum Gasteiger partial charge on any atom is -0.394 e. The first kappa shape index (κ1) is 81.0. The van der Waals surface area contributed by atoms with Gasteiger partial charge in [-0.15, -0.1) is 0 Å².